The number of carbonyl (C=O) groups excluding carboxylic acids is 2. The third kappa shape index (κ3) is 4.35. The van der Waals surface area contributed by atoms with Crippen molar-refractivity contribution in [3.8, 4) is 5.75 Å². The summed E-state index contributed by atoms with van der Waals surface area (Å²) in [6.07, 6.45) is 0.806. The molecule has 0 radical (unpaired) electrons. The topological polar surface area (TPSA) is 58.6 Å². The molecule has 0 spiro atoms. The number of hydrogen-bond acceptors (Lipinski definition) is 3. The SMILES string of the molecule is COc1ccc(C(=O)N2c3cc(CNC(=O)c4ccccc4Br)ccc3C[C@@H]2C)cc1. The highest BCUT2D eigenvalue weighted by molar-refractivity contribution is 9.10. The second kappa shape index (κ2) is 8.94. The monoisotopic (exact) mass is 478 g/mol. The molecular weight excluding hydrogens is 456 g/mol. The number of benzene rings is 3. The van der Waals surface area contributed by atoms with E-state index in [4.69, 9.17) is 4.74 Å². The summed E-state index contributed by atoms with van der Waals surface area (Å²) in [5.41, 5.74) is 4.19. The summed E-state index contributed by atoms with van der Waals surface area (Å²) in [6, 6.07) is 20.6. The zero-order valence-corrected chi connectivity index (χ0v) is 19.0. The van der Waals surface area contributed by atoms with E-state index in [0.717, 1.165) is 33.5 Å². The number of rotatable bonds is 5. The zero-order valence-electron chi connectivity index (χ0n) is 17.4. The van der Waals surface area contributed by atoms with Crippen molar-refractivity contribution in [2.45, 2.75) is 25.9 Å². The van der Waals surface area contributed by atoms with Gasteiger partial charge in [-0.05, 0) is 82.9 Å². The van der Waals surface area contributed by atoms with Crippen LogP contribution in [0.2, 0.25) is 0 Å². The molecule has 158 valence electrons. The molecule has 0 bridgehead atoms. The fraction of sp³-hybridized carbons (Fsp3) is 0.200. The molecule has 1 aliphatic rings. The third-order valence-corrected chi connectivity index (χ3v) is 6.18. The highest BCUT2D eigenvalue weighted by atomic mass is 79.9. The standard InChI is InChI=1S/C25H23BrN2O3/c1-16-13-19-8-7-17(15-27-24(29)21-5-3-4-6-22(21)26)14-23(19)28(16)25(30)18-9-11-20(31-2)12-10-18/h3-12,14,16H,13,15H2,1-2H3,(H,27,29)/t16-/m0/s1. The van der Waals surface area contributed by atoms with E-state index in [1.165, 1.54) is 0 Å². The summed E-state index contributed by atoms with van der Waals surface area (Å²) in [4.78, 5) is 27.6. The van der Waals surface area contributed by atoms with Gasteiger partial charge < -0.3 is 15.0 Å². The lowest BCUT2D eigenvalue weighted by molar-refractivity contribution is 0.0947. The molecule has 0 saturated carbocycles. The van der Waals surface area contributed by atoms with Crippen LogP contribution in [-0.4, -0.2) is 25.0 Å². The van der Waals surface area contributed by atoms with Crippen LogP contribution in [0.5, 0.6) is 5.75 Å². The Morgan fingerprint density at radius 3 is 2.55 bits per heavy atom. The number of halogens is 1. The molecule has 0 saturated heterocycles. The highest BCUT2D eigenvalue weighted by Gasteiger charge is 2.31. The number of methoxy groups -OCH3 is 1. The Balaban J connectivity index is 1.53. The van der Waals surface area contributed by atoms with Crippen LogP contribution in [0.1, 0.15) is 38.8 Å². The number of anilines is 1. The van der Waals surface area contributed by atoms with Gasteiger partial charge >= 0.3 is 0 Å². The molecule has 6 heteroatoms. The van der Waals surface area contributed by atoms with Gasteiger partial charge in [0.2, 0.25) is 0 Å². The lowest BCUT2D eigenvalue weighted by Crippen LogP contribution is -2.35. The number of amides is 2. The van der Waals surface area contributed by atoms with Gasteiger partial charge in [0.05, 0.1) is 12.7 Å². The van der Waals surface area contributed by atoms with E-state index < -0.39 is 0 Å². The van der Waals surface area contributed by atoms with Gasteiger partial charge in [-0.2, -0.15) is 0 Å². The Kier molecular flexibility index (Phi) is 6.09. The predicted octanol–water partition coefficient (Wildman–Crippen LogP) is 4.98. The molecule has 0 fully saturated rings. The molecule has 5 nitrogen and oxygen atoms in total. The minimum atomic E-state index is -0.146. The molecule has 3 aromatic rings. The first-order valence-electron chi connectivity index (χ1n) is 10.1. The van der Waals surface area contributed by atoms with Gasteiger partial charge in [0.25, 0.3) is 11.8 Å². The summed E-state index contributed by atoms with van der Waals surface area (Å²) in [5, 5.41) is 2.96. The van der Waals surface area contributed by atoms with Crippen LogP contribution in [0, 0.1) is 0 Å². The Morgan fingerprint density at radius 2 is 1.84 bits per heavy atom. The number of hydrogen-bond donors (Lipinski definition) is 1. The summed E-state index contributed by atoms with van der Waals surface area (Å²) in [6.45, 7) is 2.43. The Bertz CT molecular complexity index is 1130. The average molecular weight is 479 g/mol. The van der Waals surface area contributed by atoms with Crippen molar-refractivity contribution in [2.24, 2.45) is 0 Å². The molecule has 1 atom stereocenters. The van der Waals surface area contributed by atoms with Crippen LogP contribution in [0.25, 0.3) is 0 Å². The van der Waals surface area contributed by atoms with Crippen molar-refractivity contribution in [2.75, 3.05) is 12.0 Å². The zero-order chi connectivity index (χ0) is 22.0. The van der Waals surface area contributed by atoms with Crippen LogP contribution in [0.15, 0.2) is 71.2 Å². The maximum absolute atomic E-state index is 13.2. The third-order valence-electron chi connectivity index (χ3n) is 5.49. The molecule has 1 heterocycles. The Morgan fingerprint density at radius 1 is 1.10 bits per heavy atom. The highest BCUT2D eigenvalue weighted by Crippen LogP contribution is 2.34. The Labute approximate surface area is 190 Å². The van der Waals surface area contributed by atoms with E-state index in [1.54, 1.807) is 37.4 Å². The first kappa shape index (κ1) is 21.1. The summed E-state index contributed by atoms with van der Waals surface area (Å²) >= 11 is 3.41. The molecule has 0 aromatic heterocycles. The summed E-state index contributed by atoms with van der Waals surface area (Å²) in [7, 11) is 1.60. The smallest absolute Gasteiger partial charge is 0.258 e. The molecule has 2 amide bonds. The van der Waals surface area contributed by atoms with Crippen molar-refractivity contribution in [1.82, 2.24) is 5.32 Å². The Hall–Kier alpha value is -3.12. The van der Waals surface area contributed by atoms with Crippen molar-refractivity contribution in [1.29, 1.82) is 0 Å². The first-order valence-corrected chi connectivity index (χ1v) is 10.9. The lowest BCUT2D eigenvalue weighted by atomic mass is 10.1. The van der Waals surface area contributed by atoms with E-state index in [2.05, 4.69) is 28.2 Å². The van der Waals surface area contributed by atoms with Crippen LogP contribution in [-0.2, 0) is 13.0 Å². The van der Waals surface area contributed by atoms with Gasteiger partial charge in [0.15, 0.2) is 0 Å². The van der Waals surface area contributed by atoms with Crippen molar-refractivity contribution in [3.63, 3.8) is 0 Å². The fourth-order valence-corrected chi connectivity index (χ4v) is 4.33. The molecule has 1 N–H and O–H groups in total. The quantitative estimate of drug-likeness (QED) is 0.562. The van der Waals surface area contributed by atoms with E-state index in [1.807, 2.05) is 41.3 Å². The van der Waals surface area contributed by atoms with Crippen molar-refractivity contribution < 1.29 is 14.3 Å². The summed E-state index contributed by atoms with van der Waals surface area (Å²) in [5.74, 6) is 0.533. The molecule has 31 heavy (non-hydrogen) atoms. The normalized spacial score (nSPS) is 14.8. The number of ether oxygens (including phenoxy) is 1. The molecule has 1 aliphatic heterocycles. The number of nitrogens with one attached hydrogen (secondary N) is 1. The van der Waals surface area contributed by atoms with E-state index in [9.17, 15) is 9.59 Å². The van der Waals surface area contributed by atoms with Crippen LogP contribution >= 0.6 is 15.9 Å². The molecule has 0 unspecified atom stereocenters. The van der Waals surface area contributed by atoms with Crippen molar-refractivity contribution in [3.05, 3.63) is 93.5 Å². The minimum Gasteiger partial charge on any atom is -0.497 e. The van der Waals surface area contributed by atoms with Gasteiger partial charge in [-0.1, -0.05) is 24.3 Å². The number of nitrogens with zero attached hydrogens (tertiary/aromatic N) is 1. The van der Waals surface area contributed by atoms with Gasteiger partial charge in [-0.15, -0.1) is 0 Å². The first-order chi connectivity index (χ1) is 15.0. The second-order valence-corrected chi connectivity index (χ2v) is 8.44. The molecular formula is C25H23BrN2O3. The van der Waals surface area contributed by atoms with Crippen LogP contribution in [0.3, 0.4) is 0 Å². The molecule has 4 rings (SSSR count). The van der Waals surface area contributed by atoms with E-state index >= 15 is 0 Å². The van der Waals surface area contributed by atoms with Gasteiger partial charge in [0.1, 0.15) is 5.75 Å². The fourth-order valence-electron chi connectivity index (χ4n) is 3.87. The maximum Gasteiger partial charge on any atom is 0.258 e. The maximum atomic E-state index is 13.2. The molecule has 0 aliphatic carbocycles. The summed E-state index contributed by atoms with van der Waals surface area (Å²) < 4.78 is 5.95. The average Bonchev–Trinajstić information content (AvgIpc) is 3.12. The van der Waals surface area contributed by atoms with Gasteiger partial charge in [-0.3, -0.25) is 9.59 Å². The van der Waals surface area contributed by atoms with E-state index in [-0.39, 0.29) is 17.9 Å². The van der Waals surface area contributed by atoms with Crippen LogP contribution < -0.4 is 15.0 Å². The van der Waals surface area contributed by atoms with Gasteiger partial charge in [0, 0.05) is 28.3 Å². The molecule has 3 aromatic carbocycles. The minimum absolute atomic E-state index is 0.0386. The number of carbonyl (C=O) groups is 2. The van der Waals surface area contributed by atoms with Crippen molar-refractivity contribution >= 4 is 33.4 Å². The van der Waals surface area contributed by atoms with E-state index in [0.29, 0.717) is 17.7 Å². The lowest BCUT2D eigenvalue weighted by Gasteiger charge is -2.23. The second-order valence-electron chi connectivity index (χ2n) is 7.58. The predicted molar refractivity (Wildman–Crippen MR) is 125 cm³/mol. The number of fused-ring (bicyclic) bond motifs is 1. The largest absolute Gasteiger partial charge is 0.497 e. The van der Waals surface area contributed by atoms with Gasteiger partial charge in [-0.25, -0.2) is 0 Å². The van der Waals surface area contributed by atoms with Crippen LogP contribution in [0.4, 0.5) is 5.69 Å².